The molecule has 0 aliphatic carbocycles. The predicted octanol–water partition coefficient (Wildman–Crippen LogP) is 2.54. The maximum atomic E-state index is 11.6. The van der Waals surface area contributed by atoms with E-state index < -0.39 is 10.9 Å². The zero-order valence-corrected chi connectivity index (χ0v) is 10.8. The van der Waals surface area contributed by atoms with E-state index in [9.17, 15) is 14.9 Å². The summed E-state index contributed by atoms with van der Waals surface area (Å²) >= 11 is 0. The number of benzene rings is 1. The molecule has 0 aliphatic heterocycles. The number of nitro benzene ring substituents is 1. The van der Waals surface area contributed by atoms with Crippen molar-refractivity contribution >= 4 is 17.7 Å². The molecule has 0 aliphatic rings. The first kappa shape index (κ1) is 14.7. The monoisotopic (exact) mass is 265 g/mol. The van der Waals surface area contributed by atoms with E-state index in [0.717, 1.165) is 0 Å². The minimum absolute atomic E-state index is 0.0323. The molecule has 0 saturated carbocycles. The summed E-state index contributed by atoms with van der Waals surface area (Å²) in [6.45, 7) is 3.97. The highest BCUT2D eigenvalue weighted by Crippen LogP contribution is 2.16. The first-order valence-corrected chi connectivity index (χ1v) is 5.84. The van der Waals surface area contributed by atoms with Crippen molar-refractivity contribution in [2.75, 3.05) is 13.2 Å². The lowest BCUT2D eigenvalue weighted by Crippen LogP contribution is -2.10. The van der Waals surface area contributed by atoms with Gasteiger partial charge in [0, 0.05) is 12.1 Å². The third-order valence-electron chi connectivity index (χ3n) is 2.16. The second kappa shape index (κ2) is 7.15. The molecule has 1 aromatic rings. The van der Waals surface area contributed by atoms with E-state index in [1.165, 1.54) is 18.2 Å². The number of rotatable bonds is 6. The first-order valence-electron chi connectivity index (χ1n) is 5.84. The molecule has 0 amide bonds. The summed E-state index contributed by atoms with van der Waals surface area (Å²) in [6, 6.07) is 5.92. The molecule has 102 valence electrons. The van der Waals surface area contributed by atoms with Gasteiger partial charge in [0.05, 0.1) is 18.1 Å². The van der Waals surface area contributed by atoms with Crippen LogP contribution in [0.4, 0.5) is 5.69 Å². The molecular formula is C13H15NO5. The molecule has 0 fully saturated rings. The zero-order chi connectivity index (χ0) is 14.3. The highest BCUT2D eigenvalue weighted by atomic mass is 16.6. The molecule has 6 heteroatoms. The van der Waals surface area contributed by atoms with E-state index in [1.807, 2.05) is 0 Å². The van der Waals surface area contributed by atoms with Crippen LogP contribution in [-0.4, -0.2) is 24.1 Å². The van der Waals surface area contributed by atoms with Crippen LogP contribution in [0.1, 0.15) is 19.4 Å². The normalized spacial score (nSPS) is 10.9. The summed E-state index contributed by atoms with van der Waals surface area (Å²) in [4.78, 5) is 21.8. The van der Waals surface area contributed by atoms with Gasteiger partial charge in [0.25, 0.3) is 5.69 Å². The largest absolute Gasteiger partial charge is 0.487 e. The Labute approximate surface area is 110 Å². The Balaban J connectivity index is 3.04. The number of carbonyl (C=O) groups excluding carboxylic acids is 1. The Kier molecular flexibility index (Phi) is 5.53. The smallest absolute Gasteiger partial charge is 0.373 e. The molecule has 0 bridgehead atoms. The number of hydrogen-bond donors (Lipinski definition) is 0. The molecule has 0 atom stereocenters. The van der Waals surface area contributed by atoms with Crippen LogP contribution in [0.3, 0.4) is 0 Å². The Bertz CT molecular complexity index is 496. The highest BCUT2D eigenvalue weighted by Gasteiger charge is 2.12. The summed E-state index contributed by atoms with van der Waals surface area (Å²) < 4.78 is 10.0. The van der Waals surface area contributed by atoms with Crippen LogP contribution in [-0.2, 0) is 14.3 Å². The maximum Gasteiger partial charge on any atom is 0.373 e. The third kappa shape index (κ3) is 4.42. The molecule has 19 heavy (non-hydrogen) atoms. The predicted molar refractivity (Wildman–Crippen MR) is 69.3 cm³/mol. The quantitative estimate of drug-likeness (QED) is 0.259. The van der Waals surface area contributed by atoms with E-state index in [1.54, 1.807) is 26.0 Å². The van der Waals surface area contributed by atoms with Crippen molar-refractivity contribution in [2.45, 2.75) is 13.8 Å². The molecule has 1 aromatic carbocycles. The van der Waals surface area contributed by atoms with E-state index in [4.69, 9.17) is 9.47 Å². The van der Waals surface area contributed by atoms with Crippen LogP contribution in [0.15, 0.2) is 30.0 Å². The van der Waals surface area contributed by atoms with Crippen molar-refractivity contribution < 1.29 is 19.2 Å². The summed E-state index contributed by atoms with van der Waals surface area (Å²) in [5.41, 5.74) is 0.458. The van der Waals surface area contributed by atoms with Gasteiger partial charge >= 0.3 is 5.97 Å². The highest BCUT2D eigenvalue weighted by molar-refractivity contribution is 5.91. The minimum atomic E-state index is -0.587. The van der Waals surface area contributed by atoms with Crippen LogP contribution >= 0.6 is 0 Å². The molecule has 0 radical (unpaired) electrons. The second-order valence-electron chi connectivity index (χ2n) is 3.51. The number of nitro groups is 1. The van der Waals surface area contributed by atoms with E-state index in [-0.39, 0.29) is 18.1 Å². The average molecular weight is 265 g/mol. The van der Waals surface area contributed by atoms with Gasteiger partial charge in [0.15, 0.2) is 0 Å². The van der Waals surface area contributed by atoms with Crippen molar-refractivity contribution in [3.8, 4) is 0 Å². The average Bonchev–Trinajstić information content (AvgIpc) is 2.39. The van der Waals surface area contributed by atoms with E-state index >= 15 is 0 Å². The van der Waals surface area contributed by atoms with Crippen molar-refractivity contribution in [1.29, 1.82) is 0 Å². The fourth-order valence-corrected chi connectivity index (χ4v) is 1.40. The van der Waals surface area contributed by atoms with E-state index in [2.05, 4.69) is 0 Å². The topological polar surface area (TPSA) is 78.7 Å². The molecule has 0 N–H and O–H groups in total. The maximum absolute atomic E-state index is 11.6. The van der Waals surface area contributed by atoms with Crippen LogP contribution in [0, 0.1) is 10.1 Å². The van der Waals surface area contributed by atoms with Crippen molar-refractivity contribution in [1.82, 2.24) is 0 Å². The van der Waals surface area contributed by atoms with Crippen molar-refractivity contribution in [2.24, 2.45) is 0 Å². The molecule has 0 saturated heterocycles. The molecular weight excluding hydrogens is 250 g/mol. The van der Waals surface area contributed by atoms with Gasteiger partial charge in [-0.2, -0.15) is 0 Å². The number of non-ortho nitro benzene ring substituents is 1. The number of carbonyl (C=O) groups is 1. The van der Waals surface area contributed by atoms with Gasteiger partial charge in [-0.1, -0.05) is 12.1 Å². The fraction of sp³-hybridized carbons (Fsp3) is 0.308. The Morgan fingerprint density at radius 1 is 1.32 bits per heavy atom. The number of hydrogen-bond acceptors (Lipinski definition) is 5. The van der Waals surface area contributed by atoms with Gasteiger partial charge in [-0.3, -0.25) is 10.1 Å². The third-order valence-corrected chi connectivity index (χ3v) is 2.16. The molecule has 6 nitrogen and oxygen atoms in total. The molecule has 1 rings (SSSR count). The number of nitrogens with zero attached hydrogens (tertiary/aromatic N) is 1. The SMILES string of the molecule is CCOC(=O)/C(=C\c1cccc([N+](=O)[O-])c1)OCC. The van der Waals surface area contributed by atoms with Gasteiger partial charge in [0.1, 0.15) is 0 Å². The van der Waals surface area contributed by atoms with Gasteiger partial charge < -0.3 is 9.47 Å². The first-order chi connectivity index (χ1) is 9.08. The summed E-state index contributed by atoms with van der Waals surface area (Å²) in [6.07, 6.45) is 1.43. The Morgan fingerprint density at radius 3 is 2.58 bits per heavy atom. The van der Waals surface area contributed by atoms with Crippen LogP contribution in [0.5, 0.6) is 0 Å². The van der Waals surface area contributed by atoms with Crippen LogP contribution in [0.25, 0.3) is 6.08 Å². The van der Waals surface area contributed by atoms with Gasteiger partial charge in [0.2, 0.25) is 5.76 Å². The lowest BCUT2D eigenvalue weighted by molar-refractivity contribution is -0.384. The second-order valence-corrected chi connectivity index (χ2v) is 3.51. The van der Waals surface area contributed by atoms with Crippen LogP contribution < -0.4 is 0 Å². The number of ether oxygens (including phenoxy) is 2. The molecule has 0 spiro atoms. The molecule has 0 unspecified atom stereocenters. The van der Waals surface area contributed by atoms with Gasteiger partial charge in [-0.25, -0.2) is 4.79 Å². The fourth-order valence-electron chi connectivity index (χ4n) is 1.40. The van der Waals surface area contributed by atoms with Crippen molar-refractivity contribution in [3.05, 3.63) is 45.7 Å². The number of esters is 1. The van der Waals surface area contributed by atoms with Gasteiger partial charge in [-0.15, -0.1) is 0 Å². The van der Waals surface area contributed by atoms with E-state index in [0.29, 0.717) is 12.2 Å². The molecule has 0 aromatic heterocycles. The van der Waals surface area contributed by atoms with Crippen molar-refractivity contribution in [3.63, 3.8) is 0 Å². The lowest BCUT2D eigenvalue weighted by Gasteiger charge is -2.07. The standard InChI is InChI=1S/C13H15NO5/c1-3-18-12(13(15)19-4-2)9-10-6-5-7-11(8-10)14(16)17/h5-9H,3-4H2,1-2H3/b12-9+. The Hall–Kier alpha value is -2.37. The zero-order valence-electron chi connectivity index (χ0n) is 10.8. The Morgan fingerprint density at radius 2 is 2.00 bits per heavy atom. The molecule has 0 heterocycles. The van der Waals surface area contributed by atoms with Crippen LogP contribution in [0.2, 0.25) is 0 Å². The summed E-state index contributed by atoms with van der Waals surface area (Å²) in [7, 11) is 0. The summed E-state index contributed by atoms with van der Waals surface area (Å²) in [5.74, 6) is -0.555. The minimum Gasteiger partial charge on any atom is -0.487 e. The summed E-state index contributed by atoms with van der Waals surface area (Å²) in [5, 5.41) is 10.7. The lowest BCUT2D eigenvalue weighted by atomic mass is 10.2. The van der Waals surface area contributed by atoms with Gasteiger partial charge in [-0.05, 0) is 25.5 Å².